The minimum atomic E-state index is -0.135. The number of methoxy groups -OCH3 is 1. The summed E-state index contributed by atoms with van der Waals surface area (Å²) in [5, 5.41) is 6.81. The molecule has 0 fully saturated rings. The zero-order chi connectivity index (χ0) is 19.1. The van der Waals surface area contributed by atoms with Crippen LogP contribution in [-0.2, 0) is 6.42 Å². The van der Waals surface area contributed by atoms with Crippen LogP contribution in [0.1, 0.15) is 15.9 Å². The molecule has 138 valence electrons. The largest absolute Gasteiger partial charge is 0.497 e. The summed E-state index contributed by atoms with van der Waals surface area (Å²) in [4.78, 5) is 16.6. The fourth-order valence-corrected chi connectivity index (χ4v) is 2.66. The zero-order valence-electron chi connectivity index (χ0n) is 14.9. The molecule has 0 aliphatic carbocycles. The molecule has 0 aliphatic heterocycles. The maximum atomic E-state index is 12.4. The number of ether oxygens (including phenoxy) is 1. The second-order valence-corrected chi connectivity index (χ2v) is 6.35. The second-order valence-electron chi connectivity index (χ2n) is 5.92. The zero-order valence-corrected chi connectivity index (χ0v) is 15.7. The third-order valence-electron chi connectivity index (χ3n) is 4.00. The predicted molar refractivity (Wildman–Crippen MR) is 108 cm³/mol. The molecule has 0 saturated heterocycles. The molecule has 3 aromatic rings. The van der Waals surface area contributed by atoms with Gasteiger partial charge >= 0.3 is 0 Å². The predicted octanol–water partition coefficient (Wildman–Crippen LogP) is 4.46. The minimum Gasteiger partial charge on any atom is -0.497 e. The van der Waals surface area contributed by atoms with E-state index in [1.54, 1.807) is 25.4 Å². The average Bonchev–Trinajstić information content (AvgIpc) is 2.70. The number of amides is 1. The van der Waals surface area contributed by atoms with Gasteiger partial charge in [0, 0.05) is 29.0 Å². The lowest BCUT2D eigenvalue weighted by molar-refractivity contribution is 0.0954. The molecule has 2 aromatic carbocycles. The molecule has 27 heavy (non-hydrogen) atoms. The van der Waals surface area contributed by atoms with Crippen molar-refractivity contribution in [2.75, 3.05) is 19.0 Å². The molecule has 2 N–H and O–H groups in total. The van der Waals surface area contributed by atoms with Crippen molar-refractivity contribution < 1.29 is 9.53 Å². The SMILES string of the molecule is COc1ccc(Nc2cc(C(=O)NCCc3ccc(Cl)cc3)ccn2)cc1. The molecule has 0 bridgehead atoms. The van der Waals surface area contributed by atoms with Crippen LogP contribution in [-0.4, -0.2) is 24.5 Å². The third kappa shape index (κ3) is 5.46. The van der Waals surface area contributed by atoms with E-state index in [4.69, 9.17) is 16.3 Å². The van der Waals surface area contributed by atoms with Crippen LogP contribution in [0.4, 0.5) is 11.5 Å². The van der Waals surface area contributed by atoms with Gasteiger partial charge in [0.1, 0.15) is 11.6 Å². The number of halogens is 1. The summed E-state index contributed by atoms with van der Waals surface area (Å²) in [7, 11) is 1.62. The van der Waals surface area contributed by atoms with Crippen LogP contribution in [0.25, 0.3) is 0 Å². The first kappa shape index (κ1) is 18.7. The monoisotopic (exact) mass is 381 g/mol. The van der Waals surface area contributed by atoms with E-state index in [1.165, 1.54) is 0 Å². The Kier molecular flexibility index (Phi) is 6.28. The number of pyridine rings is 1. The number of hydrogen-bond donors (Lipinski definition) is 2. The lowest BCUT2D eigenvalue weighted by Gasteiger charge is -2.09. The maximum absolute atomic E-state index is 12.4. The smallest absolute Gasteiger partial charge is 0.251 e. The number of nitrogens with one attached hydrogen (secondary N) is 2. The molecule has 0 radical (unpaired) electrons. The van der Waals surface area contributed by atoms with Crippen LogP contribution in [0.5, 0.6) is 5.75 Å². The van der Waals surface area contributed by atoms with Gasteiger partial charge < -0.3 is 15.4 Å². The van der Waals surface area contributed by atoms with Gasteiger partial charge in [0.2, 0.25) is 0 Å². The first-order valence-corrected chi connectivity index (χ1v) is 8.91. The van der Waals surface area contributed by atoms with Gasteiger partial charge in [-0.2, -0.15) is 0 Å². The summed E-state index contributed by atoms with van der Waals surface area (Å²) in [5.74, 6) is 1.25. The lowest BCUT2D eigenvalue weighted by Crippen LogP contribution is -2.25. The molecule has 0 unspecified atom stereocenters. The van der Waals surface area contributed by atoms with Crippen molar-refractivity contribution in [3.63, 3.8) is 0 Å². The summed E-state index contributed by atoms with van der Waals surface area (Å²) in [5.41, 5.74) is 2.54. The van der Waals surface area contributed by atoms with E-state index in [1.807, 2.05) is 48.5 Å². The molecule has 0 aliphatic rings. The highest BCUT2D eigenvalue weighted by Gasteiger charge is 2.07. The lowest BCUT2D eigenvalue weighted by atomic mass is 10.1. The first-order valence-electron chi connectivity index (χ1n) is 8.54. The fraction of sp³-hybridized carbons (Fsp3) is 0.143. The highest BCUT2D eigenvalue weighted by molar-refractivity contribution is 6.30. The molecule has 6 heteroatoms. The van der Waals surface area contributed by atoms with Gasteiger partial charge in [-0.25, -0.2) is 4.98 Å². The number of rotatable bonds is 7. The Morgan fingerprint density at radius 1 is 1.07 bits per heavy atom. The van der Waals surface area contributed by atoms with Gasteiger partial charge in [-0.15, -0.1) is 0 Å². The summed E-state index contributed by atoms with van der Waals surface area (Å²) < 4.78 is 5.14. The van der Waals surface area contributed by atoms with E-state index in [0.717, 1.165) is 23.4 Å². The van der Waals surface area contributed by atoms with Gasteiger partial charge in [-0.1, -0.05) is 23.7 Å². The van der Waals surface area contributed by atoms with Crippen molar-refractivity contribution in [1.29, 1.82) is 0 Å². The standard InChI is InChI=1S/C21H20ClN3O2/c1-27-19-8-6-18(7-9-19)25-20-14-16(11-13-23-20)21(26)24-12-10-15-2-4-17(22)5-3-15/h2-9,11,13-14H,10,12H2,1H3,(H,23,25)(H,24,26). The third-order valence-corrected chi connectivity index (χ3v) is 4.25. The van der Waals surface area contributed by atoms with Crippen LogP contribution in [0.3, 0.4) is 0 Å². The van der Waals surface area contributed by atoms with Crippen LogP contribution in [0.2, 0.25) is 5.02 Å². The topological polar surface area (TPSA) is 63.2 Å². The minimum absolute atomic E-state index is 0.135. The van der Waals surface area contributed by atoms with Crippen molar-refractivity contribution in [2.45, 2.75) is 6.42 Å². The van der Waals surface area contributed by atoms with E-state index in [9.17, 15) is 4.79 Å². The van der Waals surface area contributed by atoms with Crippen molar-refractivity contribution in [3.05, 3.63) is 83.0 Å². The van der Waals surface area contributed by atoms with Gasteiger partial charge in [-0.3, -0.25) is 4.79 Å². The van der Waals surface area contributed by atoms with E-state index >= 15 is 0 Å². The number of nitrogens with zero attached hydrogens (tertiary/aromatic N) is 1. The molecule has 0 spiro atoms. The average molecular weight is 382 g/mol. The molecular formula is C21H20ClN3O2. The van der Waals surface area contributed by atoms with E-state index in [2.05, 4.69) is 15.6 Å². The number of carbonyl (C=O) groups excluding carboxylic acids is 1. The molecular weight excluding hydrogens is 362 g/mol. The highest BCUT2D eigenvalue weighted by atomic mass is 35.5. The van der Waals surface area contributed by atoms with Crippen LogP contribution >= 0.6 is 11.6 Å². The molecule has 0 atom stereocenters. The summed E-state index contributed by atoms with van der Waals surface area (Å²) in [6, 6.07) is 18.5. The molecule has 1 aromatic heterocycles. The Morgan fingerprint density at radius 2 is 1.81 bits per heavy atom. The van der Waals surface area contributed by atoms with Crippen LogP contribution < -0.4 is 15.4 Å². The number of aromatic nitrogens is 1. The Bertz CT molecular complexity index is 896. The molecule has 3 rings (SSSR count). The van der Waals surface area contributed by atoms with E-state index in [-0.39, 0.29) is 5.91 Å². The molecule has 1 amide bonds. The maximum Gasteiger partial charge on any atom is 0.251 e. The Morgan fingerprint density at radius 3 is 2.52 bits per heavy atom. The number of hydrogen-bond acceptors (Lipinski definition) is 4. The fourth-order valence-electron chi connectivity index (χ4n) is 2.54. The Labute approximate surface area is 163 Å². The van der Waals surface area contributed by atoms with Gasteiger partial charge in [-0.05, 0) is 60.5 Å². The van der Waals surface area contributed by atoms with Crippen LogP contribution in [0.15, 0.2) is 66.9 Å². The number of benzene rings is 2. The summed E-state index contributed by atoms with van der Waals surface area (Å²) in [6.45, 7) is 0.546. The quantitative estimate of drug-likeness (QED) is 0.634. The van der Waals surface area contributed by atoms with E-state index < -0.39 is 0 Å². The number of anilines is 2. The Balaban J connectivity index is 1.56. The second kappa shape index (κ2) is 9.05. The van der Waals surface area contributed by atoms with Crippen molar-refractivity contribution in [1.82, 2.24) is 10.3 Å². The molecule has 5 nitrogen and oxygen atoms in total. The molecule has 0 saturated carbocycles. The first-order chi connectivity index (χ1) is 13.1. The van der Waals surface area contributed by atoms with E-state index in [0.29, 0.717) is 22.9 Å². The van der Waals surface area contributed by atoms with Crippen molar-refractivity contribution >= 4 is 29.0 Å². The molecule has 1 heterocycles. The summed E-state index contributed by atoms with van der Waals surface area (Å²) >= 11 is 5.88. The van der Waals surface area contributed by atoms with Crippen molar-refractivity contribution in [2.24, 2.45) is 0 Å². The summed E-state index contributed by atoms with van der Waals surface area (Å²) in [6.07, 6.45) is 2.35. The van der Waals surface area contributed by atoms with Crippen LogP contribution in [0, 0.1) is 0 Å². The van der Waals surface area contributed by atoms with Gasteiger partial charge in [0.15, 0.2) is 0 Å². The van der Waals surface area contributed by atoms with Crippen molar-refractivity contribution in [3.8, 4) is 5.75 Å². The van der Waals surface area contributed by atoms with Gasteiger partial charge in [0.05, 0.1) is 7.11 Å². The number of carbonyl (C=O) groups is 1. The van der Waals surface area contributed by atoms with Gasteiger partial charge in [0.25, 0.3) is 5.91 Å². The normalized spacial score (nSPS) is 10.3. The highest BCUT2D eigenvalue weighted by Crippen LogP contribution is 2.19. The Hall–Kier alpha value is -3.05.